The van der Waals surface area contributed by atoms with Crippen LogP contribution in [0, 0.1) is 13.8 Å². The number of fused-ring (bicyclic) bond motifs is 1. The van der Waals surface area contributed by atoms with E-state index in [1.54, 1.807) is 0 Å². The Kier molecular flexibility index (Phi) is 5.13. The van der Waals surface area contributed by atoms with E-state index in [2.05, 4.69) is 35.5 Å². The van der Waals surface area contributed by atoms with Gasteiger partial charge in [-0.1, -0.05) is 54.1 Å². The van der Waals surface area contributed by atoms with E-state index in [-0.39, 0.29) is 0 Å². The summed E-state index contributed by atoms with van der Waals surface area (Å²) in [7, 11) is 0. The summed E-state index contributed by atoms with van der Waals surface area (Å²) in [5.41, 5.74) is 5.32. The van der Waals surface area contributed by atoms with Crippen LogP contribution in [0.3, 0.4) is 0 Å². The third-order valence-electron chi connectivity index (χ3n) is 4.86. The summed E-state index contributed by atoms with van der Waals surface area (Å²) in [5.74, 6) is 1.34. The molecule has 1 heterocycles. The van der Waals surface area contributed by atoms with Crippen molar-refractivity contribution in [2.24, 2.45) is 0 Å². The highest BCUT2D eigenvalue weighted by Gasteiger charge is 2.10. The SMILES string of the molecule is Cc1cccc(Nc2nc(NCc3ccccc3Cl)c3ccccc3n2)c1C. The van der Waals surface area contributed by atoms with Crippen molar-refractivity contribution < 1.29 is 0 Å². The molecular formula is C23H21ClN4. The fraction of sp³-hybridized carbons (Fsp3) is 0.130. The fourth-order valence-electron chi connectivity index (χ4n) is 3.09. The van der Waals surface area contributed by atoms with E-state index in [9.17, 15) is 0 Å². The van der Waals surface area contributed by atoms with Crippen molar-refractivity contribution in [1.82, 2.24) is 9.97 Å². The molecule has 4 nitrogen and oxygen atoms in total. The number of nitrogens with zero attached hydrogens (tertiary/aromatic N) is 2. The quantitative estimate of drug-likeness (QED) is 0.424. The van der Waals surface area contributed by atoms with Crippen LogP contribution in [0.25, 0.3) is 10.9 Å². The molecule has 0 spiro atoms. The number of aryl methyl sites for hydroxylation is 1. The summed E-state index contributed by atoms with van der Waals surface area (Å²) in [6.07, 6.45) is 0. The van der Waals surface area contributed by atoms with Crippen LogP contribution in [0.2, 0.25) is 5.02 Å². The van der Waals surface area contributed by atoms with E-state index in [4.69, 9.17) is 16.6 Å². The number of aromatic nitrogens is 2. The van der Waals surface area contributed by atoms with Gasteiger partial charge in [-0.05, 0) is 54.8 Å². The van der Waals surface area contributed by atoms with Gasteiger partial charge < -0.3 is 10.6 Å². The van der Waals surface area contributed by atoms with Crippen LogP contribution < -0.4 is 10.6 Å². The Morgan fingerprint density at radius 3 is 2.50 bits per heavy atom. The lowest BCUT2D eigenvalue weighted by Gasteiger charge is -2.14. The summed E-state index contributed by atoms with van der Waals surface area (Å²) in [4.78, 5) is 9.42. The van der Waals surface area contributed by atoms with Crippen LogP contribution in [0.1, 0.15) is 16.7 Å². The van der Waals surface area contributed by atoms with Crippen LogP contribution in [-0.2, 0) is 6.54 Å². The molecule has 0 fully saturated rings. The summed E-state index contributed by atoms with van der Waals surface area (Å²) < 4.78 is 0. The largest absolute Gasteiger partial charge is 0.365 e. The van der Waals surface area contributed by atoms with Crippen molar-refractivity contribution in [3.63, 3.8) is 0 Å². The van der Waals surface area contributed by atoms with Gasteiger partial charge in [-0.25, -0.2) is 4.98 Å². The number of benzene rings is 3. The minimum Gasteiger partial charge on any atom is -0.365 e. The van der Waals surface area contributed by atoms with Gasteiger partial charge in [0.15, 0.2) is 0 Å². The van der Waals surface area contributed by atoms with E-state index in [0.717, 1.165) is 33.0 Å². The summed E-state index contributed by atoms with van der Waals surface area (Å²) >= 11 is 6.29. The van der Waals surface area contributed by atoms with Crippen molar-refractivity contribution in [2.75, 3.05) is 10.6 Å². The first-order valence-electron chi connectivity index (χ1n) is 9.19. The maximum Gasteiger partial charge on any atom is 0.229 e. The summed E-state index contributed by atoms with van der Waals surface area (Å²) in [5, 5.41) is 8.50. The van der Waals surface area contributed by atoms with Crippen LogP contribution in [0.15, 0.2) is 66.7 Å². The van der Waals surface area contributed by atoms with Crippen molar-refractivity contribution in [3.8, 4) is 0 Å². The molecule has 0 bridgehead atoms. The average molecular weight is 389 g/mol. The zero-order chi connectivity index (χ0) is 19.5. The van der Waals surface area contributed by atoms with Gasteiger partial charge in [-0.15, -0.1) is 0 Å². The van der Waals surface area contributed by atoms with Gasteiger partial charge in [0.05, 0.1) is 5.52 Å². The van der Waals surface area contributed by atoms with Gasteiger partial charge in [0.1, 0.15) is 5.82 Å². The number of nitrogens with one attached hydrogen (secondary N) is 2. The van der Waals surface area contributed by atoms with Gasteiger partial charge >= 0.3 is 0 Å². The highest BCUT2D eigenvalue weighted by Crippen LogP contribution is 2.26. The summed E-state index contributed by atoms with van der Waals surface area (Å²) in [6, 6.07) is 22.0. The zero-order valence-electron chi connectivity index (χ0n) is 15.8. The number of hydrogen-bond donors (Lipinski definition) is 2. The monoisotopic (exact) mass is 388 g/mol. The Labute approximate surface area is 169 Å². The van der Waals surface area contributed by atoms with Crippen LogP contribution in [0.4, 0.5) is 17.5 Å². The molecule has 1 aromatic heterocycles. The Morgan fingerprint density at radius 1 is 0.857 bits per heavy atom. The lowest BCUT2D eigenvalue weighted by Crippen LogP contribution is -2.06. The predicted molar refractivity (Wildman–Crippen MR) is 118 cm³/mol. The first-order valence-corrected chi connectivity index (χ1v) is 9.57. The molecule has 0 atom stereocenters. The number of halogens is 1. The van der Waals surface area contributed by atoms with E-state index >= 15 is 0 Å². The lowest BCUT2D eigenvalue weighted by molar-refractivity contribution is 1.10. The third-order valence-corrected chi connectivity index (χ3v) is 5.23. The van der Waals surface area contributed by atoms with Crippen LogP contribution >= 0.6 is 11.6 Å². The van der Waals surface area contributed by atoms with Crippen molar-refractivity contribution >= 4 is 40.0 Å². The third kappa shape index (κ3) is 3.78. The topological polar surface area (TPSA) is 49.8 Å². The molecular weight excluding hydrogens is 368 g/mol. The smallest absolute Gasteiger partial charge is 0.229 e. The van der Waals surface area contributed by atoms with Gasteiger partial charge in [0.25, 0.3) is 0 Å². The first-order chi connectivity index (χ1) is 13.6. The second kappa shape index (κ2) is 7.87. The van der Waals surface area contributed by atoms with Gasteiger partial charge in [-0.3, -0.25) is 0 Å². The number of para-hydroxylation sites is 1. The Morgan fingerprint density at radius 2 is 1.64 bits per heavy atom. The van der Waals surface area contributed by atoms with Crippen molar-refractivity contribution in [1.29, 1.82) is 0 Å². The molecule has 0 saturated carbocycles. The van der Waals surface area contributed by atoms with Crippen molar-refractivity contribution in [3.05, 3.63) is 88.4 Å². The molecule has 4 rings (SSSR count). The molecule has 0 aliphatic heterocycles. The first kappa shape index (κ1) is 18.3. The molecule has 0 saturated heterocycles. The van der Waals surface area contributed by atoms with Gasteiger partial charge in [0, 0.05) is 22.6 Å². The molecule has 5 heteroatoms. The van der Waals surface area contributed by atoms with Gasteiger partial charge in [-0.2, -0.15) is 4.98 Å². The number of rotatable bonds is 5. The minimum atomic E-state index is 0.564. The minimum absolute atomic E-state index is 0.564. The molecule has 0 aliphatic carbocycles. The molecule has 4 aromatic rings. The van der Waals surface area contributed by atoms with Crippen molar-refractivity contribution in [2.45, 2.75) is 20.4 Å². The lowest BCUT2D eigenvalue weighted by atomic mass is 10.1. The normalized spacial score (nSPS) is 10.8. The Bertz CT molecular complexity index is 1140. The Hall–Kier alpha value is -3.11. The van der Waals surface area contributed by atoms with E-state index < -0.39 is 0 Å². The fourth-order valence-corrected chi connectivity index (χ4v) is 3.30. The summed E-state index contributed by atoms with van der Waals surface area (Å²) in [6.45, 7) is 4.78. The second-order valence-electron chi connectivity index (χ2n) is 6.73. The molecule has 0 aliphatic rings. The number of hydrogen-bond acceptors (Lipinski definition) is 4. The Balaban J connectivity index is 1.69. The highest BCUT2D eigenvalue weighted by atomic mass is 35.5. The highest BCUT2D eigenvalue weighted by molar-refractivity contribution is 6.31. The van der Waals surface area contributed by atoms with Gasteiger partial charge in [0.2, 0.25) is 5.95 Å². The molecule has 28 heavy (non-hydrogen) atoms. The standard InChI is InChI=1S/C23H21ClN4/c1-15-8-7-13-20(16(15)2)26-23-27-21-12-6-4-10-18(21)22(28-23)25-14-17-9-3-5-11-19(17)24/h3-13H,14H2,1-2H3,(H2,25,26,27,28). The second-order valence-corrected chi connectivity index (χ2v) is 7.14. The molecule has 3 aromatic carbocycles. The maximum atomic E-state index is 6.29. The van der Waals surface area contributed by atoms with E-state index in [1.165, 1.54) is 11.1 Å². The predicted octanol–water partition coefficient (Wildman–Crippen LogP) is 6.26. The van der Waals surface area contributed by atoms with Crippen LogP contribution in [-0.4, -0.2) is 9.97 Å². The molecule has 2 N–H and O–H groups in total. The van der Waals surface area contributed by atoms with E-state index in [1.807, 2.05) is 60.7 Å². The van der Waals surface area contributed by atoms with Crippen LogP contribution in [0.5, 0.6) is 0 Å². The zero-order valence-corrected chi connectivity index (χ0v) is 16.6. The van der Waals surface area contributed by atoms with E-state index in [0.29, 0.717) is 12.5 Å². The molecule has 0 amide bonds. The molecule has 0 radical (unpaired) electrons. The number of anilines is 3. The molecule has 140 valence electrons. The average Bonchev–Trinajstić information content (AvgIpc) is 2.70. The maximum absolute atomic E-state index is 6.29. The molecule has 0 unspecified atom stereocenters.